The summed E-state index contributed by atoms with van der Waals surface area (Å²) in [7, 11) is 0. The van der Waals surface area contributed by atoms with Gasteiger partial charge in [-0.1, -0.05) is 0 Å². The van der Waals surface area contributed by atoms with Gasteiger partial charge in [0.25, 0.3) is 0 Å². The molecule has 0 saturated carbocycles. The summed E-state index contributed by atoms with van der Waals surface area (Å²) in [6, 6.07) is -3.24. The van der Waals surface area contributed by atoms with Crippen molar-refractivity contribution in [1.82, 2.24) is 0 Å². The average Bonchev–Trinajstić information content (AvgIpc) is 2.15. The van der Waals surface area contributed by atoms with Gasteiger partial charge in [0.2, 0.25) is 0 Å². The van der Waals surface area contributed by atoms with Gasteiger partial charge in [0, 0.05) is 0 Å². The average molecular weight is 289 g/mol. The summed E-state index contributed by atoms with van der Waals surface area (Å²) in [4.78, 5) is 9.97. The Morgan fingerprint density at radius 2 is 1.44 bits per heavy atom. The minimum Gasteiger partial charge on any atom is -0.481 e. The molecule has 0 aromatic heterocycles. The molecule has 18 heavy (non-hydrogen) atoms. The number of carbonyl (C=O) groups is 1. The Hall–Kier alpha value is -1.13. The largest absolute Gasteiger partial charge is 0.481 e. The summed E-state index contributed by atoms with van der Waals surface area (Å²) < 4.78 is 99.0. The van der Waals surface area contributed by atoms with E-state index in [1.54, 1.807) is 0 Å². The van der Waals surface area contributed by atoms with Crippen molar-refractivity contribution < 1.29 is 45.0 Å². The van der Waals surface area contributed by atoms with Crippen LogP contribution in [-0.2, 0) is 4.79 Å². The van der Waals surface area contributed by atoms with E-state index in [1.807, 2.05) is 0 Å². The smallest absolute Gasteiger partial charge is 0.379 e. The maximum absolute atomic E-state index is 12.9. The van der Waals surface area contributed by atoms with Crippen molar-refractivity contribution in [3.8, 4) is 0 Å². The number of hydrogen-bond acceptors (Lipinski definition) is 2. The highest BCUT2D eigenvalue weighted by Crippen LogP contribution is 2.49. The minimum atomic E-state index is -6.48. The van der Waals surface area contributed by atoms with Gasteiger partial charge < -0.3 is 10.8 Å². The van der Waals surface area contributed by atoms with E-state index in [4.69, 9.17) is 5.11 Å². The lowest BCUT2D eigenvalue weighted by Gasteiger charge is -2.34. The van der Waals surface area contributed by atoms with E-state index in [0.717, 1.165) is 0 Å². The number of aliphatic carboxylic acids is 1. The summed E-state index contributed by atoms with van der Waals surface area (Å²) in [5.41, 5.74) is 4.35. The first-order valence-electron chi connectivity index (χ1n) is 4.17. The van der Waals surface area contributed by atoms with Crippen LogP contribution in [-0.4, -0.2) is 41.3 Å². The fourth-order valence-corrected chi connectivity index (χ4v) is 0.908. The van der Waals surface area contributed by atoms with E-state index in [-0.39, 0.29) is 0 Å². The molecule has 108 valence electrons. The number of nitrogens with two attached hydrogens (primary N) is 1. The molecule has 0 aliphatic heterocycles. The molecule has 0 fully saturated rings. The first-order chi connectivity index (χ1) is 7.78. The highest BCUT2D eigenvalue weighted by atomic mass is 19.4. The number of halogens is 8. The zero-order chi connectivity index (χ0) is 14.9. The van der Waals surface area contributed by atoms with Crippen LogP contribution in [0.1, 0.15) is 6.42 Å². The van der Waals surface area contributed by atoms with Crippen molar-refractivity contribution in [3.63, 3.8) is 0 Å². The van der Waals surface area contributed by atoms with Crippen LogP contribution >= 0.6 is 0 Å². The van der Waals surface area contributed by atoms with E-state index in [2.05, 4.69) is 5.73 Å². The van der Waals surface area contributed by atoms with Gasteiger partial charge in [-0.15, -0.1) is 0 Å². The molecular formula is C7H7F8NO2. The summed E-state index contributed by atoms with van der Waals surface area (Å²) in [5.74, 6) is -20.7. The zero-order valence-electron chi connectivity index (χ0n) is 8.32. The number of alkyl halides is 8. The number of carboxylic acid groups (broad SMARTS) is 1. The molecule has 1 atom stereocenters. The van der Waals surface area contributed by atoms with Crippen LogP contribution in [0.2, 0.25) is 0 Å². The number of hydrogen-bond donors (Lipinski definition) is 2. The van der Waals surface area contributed by atoms with Gasteiger partial charge in [-0.05, 0) is 0 Å². The predicted octanol–water partition coefficient (Wildman–Crippen LogP) is 1.96. The molecule has 1 unspecified atom stereocenters. The Morgan fingerprint density at radius 1 is 1.06 bits per heavy atom. The second kappa shape index (κ2) is 4.86. The van der Waals surface area contributed by atoms with Crippen LogP contribution in [0.4, 0.5) is 35.1 Å². The van der Waals surface area contributed by atoms with Gasteiger partial charge in [-0.2, -0.15) is 26.3 Å². The van der Waals surface area contributed by atoms with E-state index in [9.17, 15) is 39.9 Å². The number of carboxylic acids is 1. The fourth-order valence-electron chi connectivity index (χ4n) is 0.908. The third-order valence-corrected chi connectivity index (χ3v) is 1.97. The molecule has 3 nitrogen and oxygen atoms in total. The third kappa shape index (κ3) is 2.65. The standard InChI is InChI=1S/C7H7F8NO2/c8-4(9)6(12,13)7(14,15)5(10,11)2(16)1-3(17)18/h2,4H,1,16H2,(H,17,18). The molecule has 0 spiro atoms. The SMILES string of the molecule is NC(CC(=O)O)C(F)(F)C(F)(F)C(F)(F)C(F)F. The summed E-state index contributed by atoms with van der Waals surface area (Å²) in [5, 5.41) is 8.03. The van der Waals surface area contributed by atoms with Crippen molar-refractivity contribution in [2.45, 2.75) is 36.7 Å². The lowest BCUT2D eigenvalue weighted by atomic mass is 9.96. The van der Waals surface area contributed by atoms with E-state index < -0.39 is 42.6 Å². The van der Waals surface area contributed by atoms with Crippen molar-refractivity contribution in [3.05, 3.63) is 0 Å². The summed E-state index contributed by atoms with van der Waals surface area (Å²) in [6.45, 7) is 0. The van der Waals surface area contributed by atoms with E-state index in [1.165, 1.54) is 0 Å². The Bertz CT molecular complexity index is 319. The minimum absolute atomic E-state index is 1.79. The second-order valence-electron chi connectivity index (χ2n) is 3.33. The van der Waals surface area contributed by atoms with Crippen molar-refractivity contribution >= 4 is 5.97 Å². The van der Waals surface area contributed by atoms with Gasteiger partial charge in [-0.3, -0.25) is 4.79 Å². The van der Waals surface area contributed by atoms with Crippen LogP contribution in [0.3, 0.4) is 0 Å². The van der Waals surface area contributed by atoms with Gasteiger partial charge in [0.05, 0.1) is 12.5 Å². The van der Waals surface area contributed by atoms with Crippen LogP contribution in [0.5, 0.6) is 0 Å². The molecular weight excluding hydrogens is 282 g/mol. The second-order valence-corrected chi connectivity index (χ2v) is 3.33. The molecule has 0 aromatic rings. The lowest BCUT2D eigenvalue weighted by Crippen LogP contribution is -2.64. The molecule has 11 heteroatoms. The Kier molecular flexibility index (Phi) is 4.56. The van der Waals surface area contributed by atoms with Gasteiger partial charge >= 0.3 is 30.2 Å². The van der Waals surface area contributed by atoms with Crippen LogP contribution < -0.4 is 5.73 Å². The van der Waals surface area contributed by atoms with Gasteiger partial charge in [0.1, 0.15) is 0 Å². The first kappa shape index (κ1) is 16.9. The molecule has 0 saturated heterocycles. The van der Waals surface area contributed by atoms with Crippen LogP contribution in [0.15, 0.2) is 0 Å². The molecule has 0 radical (unpaired) electrons. The van der Waals surface area contributed by atoms with E-state index >= 15 is 0 Å². The number of rotatable bonds is 6. The molecule has 0 aliphatic carbocycles. The Labute approximate surface area is 94.5 Å². The van der Waals surface area contributed by atoms with Crippen LogP contribution in [0, 0.1) is 0 Å². The molecule has 0 heterocycles. The first-order valence-corrected chi connectivity index (χ1v) is 4.17. The van der Waals surface area contributed by atoms with Gasteiger partial charge in [-0.25, -0.2) is 8.78 Å². The van der Waals surface area contributed by atoms with Crippen molar-refractivity contribution in [2.75, 3.05) is 0 Å². The monoisotopic (exact) mass is 289 g/mol. The molecule has 0 bridgehead atoms. The van der Waals surface area contributed by atoms with Crippen LogP contribution in [0.25, 0.3) is 0 Å². The maximum Gasteiger partial charge on any atom is 0.379 e. The normalized spacial score (nSPS) is 15.9. The Balaban J connectivity index is 5.37. The molecule has 0 aromatic carbocycles. The lowest BCUT2D eigenvalue weighted by molar-refractivity contribution is -0.342. The Morgan fingerprint density at radius 3 is 1.72 bits per heavy atom. The van der Waals surface area contributed by atoms with Crippen molar-refractivity contribution in [2.24, 2.45) is 5.73 Å². The highest BCUT2D eigenvalue weighted by molar-refractivity contribution is 5.67. The molecule has 0 rings (SSSR count). The predicted molar refractivity (Wildman–Crippen MR) is 41.1 cm³/mol. The molecule has 3 N–H and O–H groups in total. The van der Waals surface area contributed by atoms with Crippen molar-refractivity contribution in [1.29, 1.82) is 0 Å². The highest BCUT2D eigenvalue weighted by Gasteiger charge is 2.76. The summed E-state index contributed by atoms with van der Waals surface area (Å²) >= 11 is 0. The quantitative estimate of drug-likeness (QED) is 0.735. The maximum atomic E-state index is 12.9. The third-order valence-electron chi connectivity index (χ3n) is 1.97. The topological polar surface area (TPSA) is 63.3 Å². The fraction of sp³-hybridized carbons (Fsp3) is 0.857. The molecule has 0 aliphatic rings. The van der Waals surface area contributed by atoms with E-state index in [0.29, 0.717) is 0 Å². The molecule has 0 amide bonds. The van der Waals surface area contributed by atoms with Gasteiger partial charge in [0.15, 0.2) is 0 Å². The summed E-state index contributed by atoms with van der Waals surface area (Å²) in [6.07, 6.45) is -6.85. The zero-order valence-corrected chi connectivity index (χ0v) is 8.32.